The molecule has 120 valence electrons. The monoisotopic (exact) mass is 414 g/mol. The maximum atomic E-state index is 4.93. The van der Waals surface area contributed by atoms with Crippen LogP contribution in [0.1, 0.15) is 52.4 Å². The molecule has 0 aliphatic heterocycles. The number of hydrogen-bond acceptors (Lipinski definition) is 0. The molecule has 0 amide bonds. The Bertz CT molecular complexity index is 227. The Hall–Kier alpha value is 1.68. The van der Waals surface area contributed by atoms with E-state index in [0.717, 1.165) is 22.9 Å². The average Bonchev–Trinajstić information content (AvgIpc) is 2.88. The van der Waals surface area contributed by atoms with Crippen LogP contribution in [-0.4, -0.2) is 8.07 Å². The molecule has 0 saturated heterocycles. The zero-order valence-corrected chi connectivity index (χ0v) is 19.3. The van der Waals surface area contributed by atoms with E-state index in [-0.39, 0.29) is 14.9 Å². The quantitative estimate of drug-likeness (QED) is 0.326. The first-order valence-corrected chi connectivity index (χ1v) is 16.9. The summed E-state index contributed by atoms with van der Waals surface area (Å²) in [6.07, 6.45) is 9.28. The summed E-state index contributed by atoms with van der Waals surface area (Å²) in [5, 5.41) is 0. The maximum absolute atomic E-state index is 4.93. The normalized spacial score (nSPS) is 32.3. The number of rotatable bonds is 2. The molecular formula is C16H34Cl2SiZr. The third-order valence-corrected chi connectivity index (χ3v) is 10.8. The van der Waals surface area contributed by atoms with Gasteiger partial charge >= 0.3 is 37.9 Å². The topological polar surface area (TPSA) is 0 Å². The molecule has 0 bridgehead atoms. The van der Waals surface area contributed by atoms with Crippen LogP contribution in [0.4, 0.5) is 0 Å². The van der Waals surface area contributed by atoms with Crippen molar-refractivity contribution in [3.8, 4) is 0 Å². The van der Waals surface area contributed by atoms with E-state index in [1.807, 2.05) is 0 Å². The van der Waals surface area contributed by atoms with Crippen molar-refractivity contribution in [3.05, 3.63) is 14.9 Å². The van der Waals surface area contributed by atoms with E-state index in [1.165, 1.54) is 12.8 Å². The predicted octanol–water partition coefficient (Wildman–Crippen LogP) is 7.35. The van der Waals surface area contributed by atoms with E-state index in [4.69, 9.17) is 17.0 Å². The molecule has 0 radical (unpaired) electrons. The van der Waals surface area contributed by atoms with Crippen molar-refractivity contribution in [1.82, 2.24) is 0 Å². The molecule has 2 aliphatic rings. The molecule has 0 spiro atoms. The summed E-state index contributed by atoms with van der Waals surface area (Å²) in [6.45, 7) is 10.3. The van der Waals surface area contributed by atoms with Crippen molar-refractivity contribution in [3.63, 3.8) is 0 Å². The van der Waals surface area contributed by atoms with Crippen molar-refractivity contribution in [2.45, 2.75) is 76.5 Å². The molecule has 20 heavy (non-hydrogen) atoms. The van der Waals surface area contributed by atoms with Gasteiger partial charge in [0.25, 0.3) is 0 Å². The number of hydrogen-bond donors (Lipinski definition) is 0. The van der Waals surface area contributed by atoms with E-state index < -0.39 is 28.9 Å². The van der Waals surface area contributed by atoms with Gasteiger partial charge in [-0.15, -0.1) is 0 Å². The Labute approximate surface area is 148 Å². The molecular weight excluding hydrogens is 382 g/mol. The fraction of sp³-hybridized carbons (Fsp3) is 0.875. The second-order valence-electron chi connectivity index (χ2n) is 7.12. The first-order valence-electron chi connectivity index (χ1n) is 7.38. The van der Waals surface area contributed by atoms with Gasteiger partial charge in [0.15, 0.2) is 0 Å². The van der Waals surface area contributed by atoms with Gasteiger partial charge in [-0.05, 0) is 22.9 Å². The van der Waals surface area contributed by atoms with Crippen LogP contribution in [0.3, 0.4) is 0 Å². The number of halogens is 2. The van der Waals surface area contributed by atoms with Crippen molar-refractivity contribution >= 4 is 25.1 Å². The van der Waals surface area contributed by atoms with Crippen molar-refractivity contribution < 1.29 is 20.8 Å². The standard InChI is InChI=1S/C14H28Si.2CH3.2ClH.Zr/c1-11-5-7-13(9-11)15(3,4)14-8-6-12(2)10-14;;;;;/h11-14H,5-10H2,1-4H3;2*1H3;2*1H;/q;2*-1;;;+4/p-2. The molecule has 2 aliphatic carbocycles. The van der Waals surface area contributed by atoms with Crippen molar-refractivity contribution in [1.29, 1.82) is 0 Å². The molecule has 0 nitrogen and oxygen atoms in total. The summed E-state index contributed by atoms with van der Waals surface area (Å²) < 4.78 is 0. The molecule has 0 aromatic carbocycles. The van der Waals surface area contributed by atoms with Gasteiger partial charge < -0.3 is 14.9 Å². The van der Waals surface area contributed by atoms with Gasteiger partial charge in [-0.25, -0.2) is 0 Å². The van der Waals surface area contributed by atoms with Gasteiger partial charge in [0, 0.05) is 0 Å². The summed E-state index contributed by atoms with van der Waals surface area (Å²) in [6, 6.07) is 0. The SMILES string of the molecule is CC1CCC([Si](C)(C)C2CCC(C)C2)C1.[CH3-].[CH3-].[Cl][Zr+2][Cl]. The fourth-order valence-corrected chi connectivity index (χ4v) is 8.61. The summed E-state index contributed by atoms with van der Waals surface area (Å²) in [7, 11) is 8.95. The Morgan fingerprint density at radius 1 is 0.800 bits per heavy atom. The summed E-state index contributed by atoms with van der Waals surface area (Å²) in [4.78, 5) is 0. The van der Waals surface area contributed by atoms with Gasteiger partial charge in [0.05, 0.1) is 8.07 Å². The Morgan fingerprint density at radius 2 is 1.10 bits per heavy atom. The summed E-state index contributed by atoms with van der Waals surface area (Å²) in [5.41, 5.74) is 2.31. The molecule has 0 aromatic heterocycles. The van der Waals surface area contributed by atoms with Crippen LogP contribution in [0, 0.1) is 26.7 Å². The third-order valence-electron chi connectivity index (χ3n) is 5.49. The van der Waals surface area contributed by atoms with E-state index in [2.05, 4.69) is 26.9 Å². The summed E-state index contributed by atoms with van der Waals surface area (Å²) in [5.74, 6) is 2.06. The Balaban J connectivity index is 0. The van der Waals surface area contributed by atoms with Crippen LogP contribution >= 0.6 is 17.0 Å². The second-order valence-corrected chi connectivity index (χ2v) is 16.1. The van der Waals surface area contributed by atoms with Crippen LogP contribution < -0.4 is 0 Å². The summed E-state index contributed by atoms with van der Waals surface area (Å²) >= 11 is -0.826. The molecule has 0 N–H and O–H groups in total. The van der Waals surface area contributed by atoms with E-state index in [1.54, 1.807) is 25.7 Å². The van der Waals surface area contributed by atoms with E-state index in [9.17, 15) is 0 Å². The first-order chi connectivity index (χ1) is 8.41. The van der Waals surface area contributed by atoms with E-state index >= 15 is 0 Å². The molecule has 4 heteroatoms. The van der Waals surface area contributed by atoms with Gasteiger partial charge in [-0.1, -0.05) is 65.5 Å². The zero-order chi connectivity index (χ0) is 13.8. The van der Waals surface area contributed by atoms with Gasteiger partial charge in [0.2, 0.25) is 0 Å². The molecule has 2 fully saturated rings. The van der Waals surface area contributed by atoms with Crippen LogP contribution in [0.15, 0.2) is 0 Å². The molecule has 0 heterocycles. The van der Waals surface area contributed by atoms with Crippen molar-refractivity contribution in [2.24, 2.45) is 11.8 Å². The average molecular weight is 417 g/mol. The zero-order valence-electron chi connectivity index (χ0n) is 14.3. The Kier molecular flexibility index (Phi) is 13.5. The van der Waals surface area contributed by atoms with Crippen LogP contribution in [-0.2, 0) is 20.8 Å². The van der Waals surface area contributed by atoms with E-state index in [0.29, 0.717) is 0 Å². The van der Waals surface area contributed by atoms with Crippen LogP contribution in [0.5, 0.6) is 0 Å². The fourth-order valence-electron chi connectivity index (χ4n) is 4.10. The van der Waals surface area contributed by atoms with Crippen molar-refractivity contribution in [2.75, 3.05) is 0 Å². The van der Waals surface area contributed by atoms with Crippen LogP contribution in [0.2, 0.25) is 24.2 Å². The van der Waals surface area contributed by atoms with Gasteiger partial charge in [-0.2, -0.15) is 0 Å². The molecule has 4 unspecified atom stereocenters. The third kappa shape index (κ3) is 6.84. The van der Waals surface area contributed by atoms with Gasteiger partial charge in [0.1, 0.15) is 0 Å². The first kappa shape index (κ1) is 23.9. The minimum absolute atomic E-state index is 0. The second kappa shape index (κ2) is 11.3. The molecule has 4 atom stereocenters. The van der Waals surface area contributed by atoms with Crippen LogP contribution in [0.25, 0.3) is 0 Å². The van der Waals surface area contributed by atoms with Gasteiger partial charge in [-0.3, -0.25) is 0 Å². The minimum atomic E-state index is -0.921. The molecule has 2 rings (SSSR count). The molecule has 2 saturated carbocycles. The Morgan fingerprint density at radius 3 is 1.30 bits per heavy atom. The predicted molar refractivity (Wildman–Crippen MR) is 95.5 cm³/mol. The molecule has 0 aromatic rings.